The third kappa shape index (κ3) is 2.92. The van der Waals surface area contributed by atoms with E-state index in [9.17, 15) is 10.2 Å². The van der Waals surface area contributed by atoms with E-state index in [0.29, 0.717) is 0 Å². The quantitative estimate of drug-likeness (QED) is 0.483. The molecule has 0 aromatic rings. The fourth-order valence-electron chi connectivity index (χ4n) is 1.49. The van der Waals surface area contributed by atoms with E-state index in [1.807, 2.05) is 13.8 Å². The minimum atomic E-state index is -1.50. The lowest BCUT2D eigenvalue weighted by Crippen LogP contribution is -2.51. The Morgan fingerprint density at radius 3 is 1.93 bits per heavy atom. The number of aliphatic hydroxyl groups is 4. The molecule has 0 radical (unpaired) electrons. The molecule has 0 aromatic heterocycles. The maximum absolute atomic E-state index is 9.84. The van der Waals surface area contributed by atoms with E-state index >= 15 is 0 Å². The minimum absolute atomic E-state index is 0.0552. The fourth-order valence-corrected chi connectivity index (χ4v) is 1.49. The highest BCUT2D eigenvalue weighted by Crippen LogP contribution is 2.25. The van der Waals surface area contributed by atoms with Gasteiger partial charge in [0.25, 0.3) is 0 Å². The van der Waals surface area contributed by atoms with Crippen LogP contribution >= 0.6 is 0 Å². The van der Waals surface area contributed by atoms with Crippen LogP contribution in [-0.4, -0.2) is 45.3 Å². The molecule has 14 heavy (non-hydrogen) atoms. The van der Waals surface area contributed by atoms with E-state index in [1.54, 1.807) is 6.92 Å². The molecule has 0 heterocycles. The van der Waals surface area contributed by atoms with Crippen molar-refractivity contribution in [2.45, 2.75) is 38.9 Å². The Hall–Kier alpha value is -0.160. The molecule has 0 bridgehead atoms. The van der Waals surface area contributed by atoms with Gasteiger partial charge in [0, 0.05) is 12.5 Å². The van der Waals surface area contributed by atoms with E-state index in [1.165, 1.54) is 0 Å². The molecule has 0 aliphatic heterocycles. The van der Waals surface area contributed by atoms with Crippen molar-refractivity contribution in [3.8, 4) is 0 Å². The van der Waals surface area contributed by atoms with Crippen molar-refractivity contribution in [2.24, 2.45) is 11.8 Å². The summed E-state index contributed by atoms with van der Waals surface area (Å²) in [6.45, 7) is 4.72. The predicted octanol–water partition coefficient (Wildman–Crippen LogP) is -0.255. The molecule has 3 atom stereocenters. The van der Waals surface area contributed by atoms with Crippen LogP contribution in [0.2, 0.25) is 0 Å². The van der Waals surface area contributed by atoms with Gasteiger partial charge in [0.05, 0.1) is 12.7 Å². The summed E-state index contributed by atoms with van der Waals surface area (Å²) in [6.07, 6.45) is -0.837. The summed E-state index contributed by atoms with van der Waals surface area (Å²) in [5.41, 5.74) is -1.50. The molecule has 0 amide bonds. The summed E-state index contributed by atoms with van der Waals surface area (Å²) in [6, 6.07) is 0. The largest absolute Gasteiger partial charge is 0.396 e. The Balaban J connectivity index is 4.61. The van der Waals surface area contributed by atoms with Crippen LogP contribution in [0.3, 0.4) is 0 Å². The molecule has 4 heteroatoms. The van der Waals surface area contributed by atoms with Crippen LogP contribution in [0.25, 0.3) is 0 Å². The Morgan fingerprint density at radius 1 is 1.21 bits per heavy atom. The maximum Gasteiger partial charge on any atom is 0.113 e. The molecule has 4 N–H and O–H groups in total. The first-order chi connectivity index (χ1) is 6.42. The molecule has 0 spiro atoms. The zero-order chi connectivity index (χ0) is 11.4. The van der Waals surface area contributed by atoms with Crippen molar-refractivity contribution < 1.29 is 20.4 Å². The normalized spacial score (nSPS) is 20.6. The van der Waals surface area contributed by atoms with Gasteiger partial charge in [0.15, 0.2) is 0 Å². The van der Waals surface area contributed by atoms with Gasteiger partial charge in [-0.25, -0.2) is 0 Å². The number of hydrogen-bond donors (Lipinski definition) is 4. The molecular weight excluding hydrogens is 184 g/mol. The number of aliphatic hydroxyl groups excluding tert-OH is 3. The van der Waals surface area contributed by atoms with Gasteiger partial charge in [-0.15, -0.1) is 0 Å². The van der Waals surface area contributed by atoms with Gasteiger partial charge in [-0.2, -0.15) is 0 Å². The third-order valence-electron chi connectivity index (χ3n) is 2.91. The molecule has 0 fully saturated rings. The molecule has 0 saturated carbocycles. The van der Waals surface area contributed by atoms with Crippen molar-refractivity contribution in [1.82, 2.24) is 0 Å². The summed E-state index contributed by atoms with van der Waals surface area (Å²) in [5.74, 6) is -0.355. The molecule has 0 aliphatic rings. The highest BCUT2D eigenvalue weighted by Gasteiger charge is 2.39. The lowest BCUT2D eigenvalue weighted by atomic mass is 9.80. The molecule has 0 rings (SSSR count). The summed E-state index contributed by atoms with van der Waals surface area (Å²) in [7, 11) is 0. The van der Waals surface area contributed by atoms with Crippen molar-refractivity contribution >= 4 is 0 Å². The van der Waals surface area contributed by atoms with Crippen molar-refractivity contribution in [3.63, 3.8) is 0 Å². The zero-order valence-corrected chi connectivity index (χ0v) is 9.14. The fraction of sp³-hybridized carbons (Fsp3) is 1.00. The molecule has 4 nitrogen and oxygen atoms in total. The van der Waals surface area contributed by atoms with E-state index in [-0.39, 0.29) is 18.9 Å². The van der Waals surface area contributed by atoms with Crippen LogP contribution in [0.1, 0.15) is 27.2 Å². The van der Waals surface area contributed by atoms with Gasteiger partial charge in [0.2, 0.25) is 0 Å². The minimum Gasteiger partial charge on any atom is -0.396 e. The Bertz CT molecular complexity index is 154. The molecular formula is C10H22O4. The van der Waals surface area contributed by atoms with Crippen LogP contribution < -0.4 is 0 Å². The van der Waals surface area contributed by atoms with E-state index < -0.39 is 24.2 Å². The lowest BCUT2D eigenvalue weighted by Gasteiger charge is -2.36. The van der Waals surface area contributed by atoms with Crippen molar-refractivity contribution in [2.75, 3.05) is 13.2 Å². The molecule has 0 aromatic carbocycles. The van der Waals surface area contributed by atoms with Crippen LogP contribution in [-0.2, 0) is 0 Å². The molecule has 0 saturated heterocycles. The second-order valence-corrected chi connectivity index (χ2v) is 4.15. The highest BCUT2D eigenvalue weighted by molar-refractivity contribution is 4.89. The van der Waals surface area contributed by atoms with Crippen molar-refractivity contribution in [3.05, 3.63) is 0 Å². The van der Waals surface area contributed by atoms with Gasteiger partial charge < -0.3 is 20.4 Å². The smallest absolute Gasteiger partial charge is 0.113 e. The van der Waals surface area contributed by atoms with Crippen LogP contribution in [0.15, 0.2) is 0 Å². The Morgan fingerprint density at radius 2 is 1.71 bits per heavy atom. The first kappa shape index (κ1) is 13.8. The summed E-state index contributed by atoms with van der Waals surface area (Å²) >= 11 is 0. The van der Waals surface area contributed by atoms with Crippen LogP contribution in [0.4, 0.5) is 0 Å². The average Bonchev–Trinajstić information content (AvgIpc) is 2.17. The van der Waals surface area contributed by atoms with Gasteiger partial charge in [-0.05, 0) is 12.3 Å². The number of rotatable bonds is 6. The summed E-state index contributed by atoms with van der Waals surface area (Å²) < 4.78 is 0. The Labute approximate surface area is 85.2 Å². The second-order valence-electron chi connectivity index (χ2n) is 4.15. The second kappa shape index (κ2) is 5.66. The monoisotopic (exact) mass is 206 g/mol. The number of hydrogen-bond acceptors (Lipinski definition) is 4. The third-order valence-corrected chi connectivity index (χ3v) is 2.91. The first-order valence-corrected chi connectivity index (χ1v) is 5.05. The Kier molecular flexibility index (Phi) is 5.59. The van der Waals surface area contributed by atoms with Crippen molar-refractivity contribution in [1.29, 1.82) is 0 Å². The topological polar surface area (TPSA) is 80.9 Å². The lowest BCUT2D eigenvalue weighted by molar-refractivity contribution is -0.141. The van der Waals surface area contributed by atoms with Gasteiger partial charge in [0.1, 0.15) is 5.60 Å². The van der Waals surface area contributed by atoms with Crippen LogP contribution in [0.5, 0.6) is 0 Å². The maximum atomic E-state index is 9.84. The summed E-state index contributed by atoms with van der Waals surface area (Å²) in [4.78, 5) is 0. The van der Waals surface area contributed by atoms with E-state index in [4.69, 9.17) is 10.2 Å². The van der Waals surface area contributed by atoms with Gasteiger partial charge in [-0.3, -0.25) is 0 Å². The van der Waals surface area contributed by atoms with E-state index in [2.05, 4.69) is 0 Å². The predicted molar refractivity (Wildman–Crippen MR) is 53.7 cm³/mol. The van der Waals surface area contributed by atoms with Crippen LogP contribution in [0, 0.1) is 11.8 Å². The van der Waals surface area contributed by atoms with Gasteiger partial charge >= 0.3 is 0 Å². The van der Waals surface area contributed by atoms with E-state index in [0.717, 1.165) is 0 Å². The zero-order valence-electron chi connectivity index (χ0n) is 9.14. The summed E-state index contributed by atoms with van der Waals surface area (Å²) in [5, 5.41) is 37.7. The molecule has 0 aliphatic carbocycles. The average molecular weight is 206 g/mol. The van der Waals surface area contributed by atoms with Gasteiger partial charge in [-0.1, -0.05) is 20.8 Å². The molecule has 3 unspecified atom stereocenters. The highest BCUT2D eigenvalue weighted by atomic mass is 16.4. The first-order valence-electron chi connectivity index (χ1n) is 5.05. The SMILES string of the molecule is CCC(O)(CO)C(O)C(CO)C(C)C. The molecule has 86 valence electrons. The standard InChI is InChI=1S/C10H22O4/c1-4-10(14,6-12)9(13)8(5-11)7(2)3/h7-9,11-14H,4-6H2,1-3H3.